The summed E-state index contributed by atoms with van der Waals surface area (Å²) in [5.41, 5.74) is -0.0373. The molecule has 0 saturated heterocycles. The summed E-state index contributed by atoms with van der Waals surface area (Å²) < 4.78 is 0.556. The van der Waals surface area contributed by atoms with E-state index in [1.807, 2.05) is 0 Å². The Hall–Kier alpha value is -2.46. The maximum absolute atomic E-state index is 12.3. The second kappa shape index (κ2) is 9.65. The monoisotopic (exact) mass is 420 g/mol. The fourth-order valence-corrected chi connectivity index (χ4v) is 4.55. The van der Waals surface area contributed by atoms with Crippen LogP contribution in [0.5, 0.6) is 0 Å². The maximum Gasteiger partial charge on any atom is 0.336 e. The molecule has 1 heterocycles. The van der Waals surface area contributed by atoms with Crippen molar-refractivity contribution in [1.82, 2.24) is 15.5 Å². The molecular weight excluding hydrogens is 400 g/mol. The van der Waals surface area contributed by atoms with E-state index < -0.39 is 11.9 Å². The number of anilines is 1. The molecule has 1 fully saturated rings. The van der Waals surface area contributed by atoms with Crippen LogP contribution in [-0.4, -0.2) is 44.9 Å². The number of nitrogens with one attached hydrogen (secondary N) is 2. The largest absolute Gasteiger partial charge is 0.478 e. The third kappa shape index (κ3) is 5.52. The molecule has 1 aliphatic carbocycles. The number of rotatable bonds is 7. The lowest BCUT2D eigenvalue weighted by Gasteiger charge is -2.22. The molecule has 0 bridgehead atoms. The summed E-state index contributed by atoms with van der Waals surface area (Å²) in [7, 11) is 0. The minimum absolute atomic E-state index is 0.0342. The molecule has 1 saturated carbocycles. The number of carboxylic acids is 1. The van der Waals surface area contributed by atoms with Crippen molar-refractivity contribution in [2.75, 3.05) is 11.1 Å². The first-order valence-corrected chi connectivity index (χ1v) is 10.7. The molecule has 1 aromatic carbocycles. The molecule has 3 N–H and O–H groups in total. The van der Waals surface area contributed by atoms with E-state index in [2.05, 4.69) is 20.8 Å². The van der Waals surface area contributed by atoms with Crippen LogP contribution in [0.3, 0.4) is 0 Å². The Morgan fingerprint density at radius 1 is 1.11 bits per heavy atom. The van der Waals surface area contributed by atoms with Crippen molar-refractivity contribution in [3.8, 4) is 0 Å². The average Bonchev–Trinajstić information content (AvgIpc) is 3.14. The van der Waals surface area contributed by atoms with Crippen molar-refractivity contribution in [2.45, 2.75) is 42.5 Å². The molecule has 0 atom stereocenters. The summed E-state index contributed by atoms with van der Waals surface area (Å²) in [5, 5.41) is 22.9. The number of amides is 2. The first-order chi connectivity index (χ1) is 13.5. The molecule has 10 heteroatoms. The van der Waals surface area contributed by atoms with Crippen molar-refractivity contribution in [1.29, 1.82) is 0 Å². The third-order valence-electron chi connectivity index (χ3n) is 4.33. The molecule has 8 nitrogen and oxygen atoms in total. The summed E-state index contributed by atoms with van der Waals surface area (Å²) >= 11 is 2.40. The third-order valence-corrected chi connectivity index (χ3v) is 6.30. The van der Waals surface area contributed by atoms with E-state index >= 15 is 0 Å². The zero-order valence-electron chi connectivity index (χ0n) is 15.0. The Bertz CT molecular complexity index is 865. The maximum atomic E-state index is 12.3. The predicted molar refractivity (Wildman–Crippen MR) is 107 cm³/mol. The second-order valence-corrected chi connectivity index (χ2v) is 8.57. The number of nitrogens with zero attached hydrogens (tertiary/aromatic N) is 2. The fourth-order valence-electron chi connectivity index (χ4n) is 2.99. The Morgan fingerprint density at radius 2 is 1.82 bits per heavy atom. The molecule has 1 aliphatic rings. The van der Waals surface area contributed by atoms with Gasteiger partial charge in [-0.3, -0.25) is 14.9 Å². The summed E-state index contributed by atoms with van der Waals surface area (Å²) in [6.45, 7) is 0. The van der Waals surface area contributed by atoms with Crippen LogP contribution in [0, 0.1) is 0 Å². The van der Waals surface area contributed by atoms with Crippen molar-refractivity contribution in [3.63, 3.8) is 0 Å². The van der Waals surface area contributed by atoms with Crippen LogP contribution in [-0.2, 0) is 4.79 Å². The number of benzene rings is 1. The van der Waals surface area contributed by atoms with Crippen molar-refractivity contribution in [2.24, 2.45) is 0 Å². The highest BCUT2D eigenvalue weighted by atomic mass is 32.2. The molecule has 0 spiro atoms. The zero-order chi connectivity index (χ0) is 19.9. The number of carboxylic acid groups (broad SMARTS) is 1. The molecular formula is C18H20N4O4S2. The molecule has 148 valence electrons. The van der Waals surface area contributed by atoms with Gasteiger partial charge in [-0.05, 0) is 25.0 Å². The molecule has 2 aromatic rings. The van der Waals surface area contributed by atoms with Gasteiger partial charge in [0.2, 0.25) is 11.0 Å². The standard InChI is InChI=1S/C18H20N4O4S2/c23-14(19-11-6-2-1-3-7-11)10-27-18-22-21-17(28-18)20-15(24)12-8-4-5-9-13(12)16(25)26/h4-5,8-9,11H,1-3,6-7,10H2,(H,19,23)(H,25,26)(H,20,21,24). The van der Waals surface area contributed by atoms with Gasteiger partial charge in [0.05, 0.1) is 16.9 Å². The van der Waals surface area contributed by atoms with Crippen LogP contribution in [0.1, 0.15) is 52.8 Å². The number of carbonyl (C=O) groups is 3. The fraction of sp³-hybridized carbons (Fsp3) is 0.389. The smallest absolute Gasteiger partial charge is 0.336 e. The topological polar surface area (TPSA) is 121 Å². The Labute approximate surface area is 170 Å². The predicted octanol–water partition coefficient (Wildman–Crippen LogP) is 3.03. The summed E-state index contributed by atoms with van der Waals surface area (Å²) in [6, 6.07) is 6.21. The van der Waals surface area contributed by atoms with E-state index in [1.165, 1.54) is 30.3 Å². The Morgan fingerprint density at radius 3 is 2.54 bits per heavy atom. The second-order valence-electron chi connectivity index (χ2n) is 6.37. The molecule has 28 heavy (non-hydrogen) atoms. The minimum atomic E-state index is -1.18. The van der Waals surface area contributed by atoms with Gasteiger partial charge in [0.25, 0.3) is 5.91 Å². The van der Waals surface area contributed by atoms with E-state index in [0.717, 1.165) is 37.0 Å². The van der Waals surface area contributed by atoms with Gasteiger partial charge in [-0.25, -0.2) is 4.79 Å². The number of thioether (sulfide) groups is 1. The van der Waals surface area contributed by atoms with Gasteiger partial charge in [-0.15, -0.1) is 10.2 Å². The van der Waals surface area contributed by atoms with E-state index in [4.69, 9.17) is 0 Å². The number of aromatic carboxylic acids is 1. The van der Waals surface area contributed by atoms with Crippen LogP contribution in [0.2, 0.25) is 0 Å². The highest BCUT2D eigenvalue weighted by Crippen LogP contribution is 2.26. The number of carbonyl (C=O) groups excluding carboxylic acids is 2. The van der Waals surface area contributed by atoms with Gasteiger partial charge in [-0.1, -0.05) is 54.5 Å². The van der Waals surface area contributed by atoms with Crippen molar-refractivity contribution < 1.29 is 19.5 Å². The van der Waals surface area contributed by atoms with Gasteiger partial charge < -0.3 is 10.4 Å². The van der Waals surface area contributed by atoms with Gasteiger partial charge in [0.15, 0.2) is 4.34 Å². The number of hydrogen-bond donors (Lipinski definition) is 3. The van der Waals surface area contributed by atoms with E-state index in [9.17, 15) is 19.5 Å². The lowest BCUT2D eigenvalue weighted by Crippen LogP contribution is -2.37. The normalized spacial score (nSPS) is 14.4. The first kappa shape index (κ1) is 20.3. The Kier molecular flexibility index (Phi) is 6.99. The van der Waals surface area contributed by atoms with E-state index in [-0.39, 0.29) is 34.0 Å². The average molecular weight is 421 g/mol. The van der Waals surface area contributed by atoms with Crippen LogP contribution < -0.4 is 10.6 Å². The van der Waals surface area contributed by atoms with Crippen molar-refractivity contribution >= 4 is 46.0 Å². The molecule has 0 radical (unpaired) electrons. The minimum Gasteiger partial charge on any atom is -0.478 e. The van der Waals surface area contributed by atoms with Gasteiger partial charge in [-0.2, -0.15) is 0 Å². The first-order valence-electron chi connectivity index (χ1n) is 8.92. The molecule has 3 rings (SSSR count). The van der Waals surface area contributed by atoms with E-state index in [1.54, 1.807) is 12.1 Å². The molecule has 0 aliphatic heterocycles. The van der Waals surface area contributed by atoms with Crippen LogP contribution in [0.4, 0.5) is 5.13 Å². The molecule has 0 unspecified atom stereocenters. The Balaban J connectivity index is 1.52. The number of aromatic nitrogens is 2. The summed E-state index contributed by atoms with van der Waals surface area (Å²) in [6.07, 6.45) is 5.61. The van der Waals surface area contributed by atoms with E-state index in [0.29, 0.717) is 4.34 Å². The zero-order valence-corrected chi connectivity index (χ0v) is 16.6. The van der Waals surface area contributed by atoms with Gasteiger partial charge >= 0.3 is 5.97 Å². The highest BCUT2D eigenvalue weighted by Gasteiger charge is 2.19. The lowest BCUT2D eigenvalue weighted by atomic mass is 9.95. The molecule has 2 amide bonds. The van der Waals surface area contributed by atoms with Gasteiger partial charge in [0.1, 0.15) is 0 Å². The van der Waals surface area contributed by atoms with Crippen molar-refractivity contribution in [3.05, 3.63) is 35.4 Å². The summed E-state index contributed by atoms with van der Waals surface area (Å²) in [4.78, 5) is 35.6. The SMILES string of the molecule is O=C(CSc1nnc(NC(=O)c2ccccc2C(=O)O)s1)NC1CCCCC1. The lowest BCUT2D eigenvalue weighted by molar-refractivity contribution is -0.119. The van der Waals surface area contributed by atoms with Gasteiger partial charge in [0, 0.05) is 6.04 Å². The molecule has 1 aromatic heterocycles. The summed E-state index contributed by atoms with van der Waals surface area (Å²) in [5.74, 6) is -1.54. The van der Waals surface area contributed by atoms with Crippen LogP contribution >= 0.6 is 23.1 Å². The quantitative estimate of drug-likeness (QED) is 0.465. The van der Waals surface area contributed by atoms with Crippen LogP contribution in [0.25, 0.3) is 0 Å². The van der Waals surface area contributed by atoms with Crippen LogP contribution in [0.15, 0.2) is 28.6 Å². The highest BCUT2D eigenvalue weighted by molar-refractivity contribution is 8.01. The number of hydrogen-bond acceptors (Lipinski definition) is 7.